The molecule has 0 aromatic heterocycles. The van der Waals surface area contributed by atoms with Crippen molar-refractivity contribution >= 4 is 12.2 Å². The van der Waals surface area contributed by atoms with Crippen LogP contribution >= 0.6 is 0 Å². The minimum atomic E-state index is -0.104. The van der Waals surface area contributed by atoms with E-state index < -0.39 is 0 Å². The third-order valence-corrected chi connectivity index (χ3v) is 2.73. The van der Waals surface area contributed by atoms with Crippen LogP contribution in [0.5, 0.6) is 0 Å². The van der Waals surface area contributed by atoms with Crippen molar-refractivity contribution in [3.8, 4) is 0 Å². The number of carbonyl (C=O) groups excluding carboxylic acids is 2. The third-order valence-electron chi connectivity index (χ3n) is 2.73. The fourth-order valence-electron chi connectivity index (χ4n) is 2.17. The van der Waals surface area contributed by atoms with E-state index in [4.69, 9.17) is 0 Å². The van der Waals surface area contributed by atoms with Crippen molar-refractivity contribution in [2.75, 3.05) is 6.54 Å². The molecule has 86 valence electrons. The second kappa shape index (κ2) is 10.3. The first-order valence-corrected chi connectivity index (χ1v) is 5.21. The molecule has 1 saturated heterocycles. The van der Waals surface area contributed by atoms with Crippen LogP contribution in [-0.2, 0) is 75.0 Å². The van der Waals surface area contributed by atoms with Crippen molar-refractivity contribution in [1.29, 1.82) is 0 Å². The first-order valence-electron chi connectivity index (χ1n) is 5.21. The van der Waals surface area contributed by atoms with E-state index in [1.54, 1.807) is 0 Å². The summed E-state index contributed by atoms with van der Waals surface area (Å²) in [6, 6.07) is -0.104. The Morgan fingerprint density at radius 2 is 2.00 bits per heavy atom. The van der Waals surface area contributed by atoms with Crippen molar-refractivity contribution in [2.45, 2.75) is 38.6 Å². The van der Waals surface area contributed by atoms with E-state index in [1.807, 2.05) is 13.3 Å². The zero-order chi connectivity index (χ0) is 10.6. The van der Waals surface area contributed by atoms with Gasteiger partial charge in [-0.15, -0.1) is 0 Å². The van der Waals surface area contributed by atoms with Crippen LogP contribution < -0.4 is 0 Å². The molecular weight excluding hydrogens is 356 g/mol. The van der Waals surface area contributed by atoms with Gasteiger partial charge in [0.1, 0.15) is 0 Å². The number of hydrogen-bond donors (Lipinski definition) is 0. The van der Waals surface area contributed by atoms with Crippen molar-refractivity contribution in [1.82, 2.24) is 4.90 Å². The van der Waals surface area contributed by atoms with E-state index in [0.717, 1.165) is 25.8 Å². The molecule has 0 aromatic rings. The summed E-state index contributed by atoms with van der Waals surface area (Å²) < 4.78 is 0. The molecule has 1 heterocycles. The molecule has 1 amide bonds. The second-order valence-corrected chi connectivity index (χ2v) is 3.78. The van der Waals surface area contributed by atoms with Gasteiger partial charge in [0.05, 0.1) is 6.04 Å². The molecule has 16 heavy (non-hydrogen) atoms. The molecule has 2 radical (unpaired) electrons. The van der Waals surface area contributed by atoms with E-state index in [-0.39, 0.29) is 77.2 Å². The van der Waals surface area contributed by atoms with Crippen LogP contribution in [-0.4, -0.2) is 29.7 Å². The normalized spacial score (nSPS) is 25.9. The zero-order valence-corrected chi connectivity index (χ0v) is 15.5. The van der Waals surface area contributed by atoms with E-state index in [0.29, 0.717) is 12.3 Å². The fourth-order valence-corrected chi connectivity index (χ4v) is 2.17. The molecule has 0 bridgehead atoms. The molecule has 2 fully saturated rings. The first kappa shape index (κ1) is 19.7. The second-order valence-electron chi connectivity index (χ2n) is 3.78. The van der Waals surface area contributed by atoms with Gasteiger partial charge in [0.15, 0.2) is 5.78 Å². The Morgan fingerprint density at radius 1 is 1.44 bits per heavy atom. The Labute approximate surface area is 148 Å². The predicted octanol–water partition coefficient (Wildman–Crippen LogP) is 1.33. The van der Waals surface area contributed by atoms with Gasteiger partial charge in [-0.05, 0) is 25.3 Å². The van der Waals surface area contributed by atoms with Crippen LogP contribution in [0.2, 0.25) is 0 Å². The average molecular weight is 373 g/mol. The van der Waals surface area contributed by atoms with Crippen LogP contribution in [0.1, 0.15) is 32.6 Å². The van der Waals surface area contributed by atoms with Gasteiger partial charge < -0.3 is 16.6 Å². The minimum absolute atomic E-state index is 0. The number of amides is 1. The topological polar surface area (TPSA) is 37.4 Å². The van der Waals surface area contributed by atoms with Gasteiger partial charge in [0.25, 0.3) is 0 Å². The summed E-state index contributed by atoms with van der Waals surface area (Å²) in [7, 11) is 0. The Hall–Kier alpha value is 1.35. The molecule has 2 rings (SSSR count). The summed E-state index contributed by atoms with van der Waals surface area (Å²) in [5.74, 6) is 0.680. The van der Waals surface area contributed by atoms with Crippen LogP contribution in [0.3, 0.4) is 0 Å². The molecule has 1 aliphatic heterocycles. The van der Waals surface area contributed by atoms with Gasteiger partial charge in [0, 0.05) is 71.8 Å². The van der Waals surface area contributed by atoms with Crippen molar-refractivity contribution < 1.29 is 75.0 Å². The number of nitrogens with zero attached hydrogens (tertiary/aromatic N) is 1. The number of fused-ring (bicyclic) bond motifs is 1. The van der Waals surface area contributed by atoms with Gasteiger partial charge in [0.2, 0.25) is 0 Å². The smallest absolute Gasteiger partial charge is 0.152 e. The Bertz CT molecular complexity index is 224. The molecule has 0 aromatic carbocycles. The van der Waals surface area contributed by atoms with Gasteiger partial charge in [-0.3, -0.25) is 4.79 Å². The molecule has 1 saturated carbocycles. The SMILES string of the molecule is O=[C-]N1CCC2CCC(=O)C21.[CH2-]CC.[Y].[Y]. The number of likely N-dealkylation sites (tertiary alicyclic amines) is 1. The van der Waals surface area contributed by atoms with Gasteiger partial charge in [-0.2, -0.15) is 12.8 Å². The largest absolute Gasteiger partial charge is 0.520 e. The summed E-state index contributed by atoms with van der Waals surface area (Å²) in [6.45, 7) is 6.23. The van der Waals surface area contributed by atoms with Gasteiger partial charge >= 0.3 is 0 Å². The maximum atomic E-state index is 11.2. The molecule has 0 N–H and O–H groups in total. The van der Waals surface area contributed by atoms with Crippen molar-refractivity contribution in [3.05, 3.63) is 6.92 Å². The summed E-state index contributed by atoms with van der Waals surface area (Å²) in [4.78, 5) is 23.1. The molecule has 0 spiro atoms. The molecular formula is C11H17NO2Y2-2. The minimum Gasteiger partial charge on any atom is -0.520 e. The number of rotatable bonds is 1. The monoisotopic (exact) mass is 373 g/mol. The van der Waals surface area contributed by atoms with Crippen LogP contribution in [0.4, 0.5) is 0 Å². The summed E-state index contributed by atoms with van der Waals surface area (Å²) in [6.07, 6.45) is 5.45. The maximum absolute atomic E-state index is 11.2. The Morgan fingerprint density at radius 3 is 2.50 bits per heavy atom. The standard InChI is InChI=1S/C8H10NO2.C3H7.2Y/c10-5-9-4-3-6-1-2-7(11)8(6)9;1-3-2;;/h6,8H,1-4H2;1,3H2,2H3;;/q2*-1;;. The zero-order valence-electron chi connectivity index (χ0n) is 9.82. The van der Waals surface area contributed by atoms with E-state index >= 15 is 0 Å². The Kier molecular flexibility index (Phi) is 12.7. The number of carbonyl (C=O) groups is 1. The number of hydrogen-bond acceptors (Lipinski definition) is 2. The molecule has 2 atom stereocenters. The van der Waals surface area contributed by atoms with Crippen LogP contribution in [0.15, 0.2) is 0 Å². The van der Waals surface area contributed by atoms with Crippen LogP contribution in [0, 0.1) is 12.8 Å². The van der Waals surface area contributed by atoms with Gasteiger partial charge in [-0.25, -0.2) is 0 Å². The molecule has 3 nitrogen and oxygen atoms in total. The average Bonchev–Trinajstić information content (AvgIpc) is 2.71. The number of ketones is 1. The van der Waals surface area contributed by atoms with E-state index in [9.17, 15) is 9.59 Å². The van der Waals surface area contributed by atoms with Crippen molar-refractivity contribution in [3.63, 3.8) is 0 Å². The van der Waals surface area contributed by atoms with Crippen LogP contribution in [0.25, 0.3) is 0 Å². The molecule has 1 aliphatic carbocycles. The first-order chi connectivity index (χ1) is 6.74. The molecule has 5 heteroatoms. The summed E-state index contributed by atoms with van der Waals surface area (Å²) in [5.41, 5.74) is 0. The fraction of sp³-hybridized carbons (Fsp3) is 0.727. The number of Topliss-reactive ketones (excluding diaryl/α,β-unsaturated/α-hetero) is 1. The van der Waals surface area contributed by atoms with Crippen molar-refractivity contribution in [2.24, 2.45) is 5.92 Å². The van der Waals surface area contributed by atoms with E-state index in [1.165, 1.54) is 4.90 Å². The molecule has 2 aliphatic rings. The van der Waals surface area contributed by atoms with E-state index in [2.05, 4.69) is 6.92 Å². The van der Waals surface area contributed by atoms with Gasteiger partial charge in [-0.1, -0.05) is 6.92 Å². The quantitative estimate of drug-likeness (QED) is 0.651. The summed E-state index contributed by atoms with van der Waals surface area (Å²) in [5, 5.41) is 0. The maximum Gasteiger partial charge on any atom is 0.152 e. The predicted molar refractivity (Wildman–Crippen MR) is 54.2 cm³/mol. The summed E-state index contributed by atoms with van der Waals surface area (Å²) >= 11 is 0. The molecule has 2 unspecified atom stereocenters. The third kappa shape index (κ3) is 4.92. The Balaban J connectivity index is 0.